The molecule has 2 aliphatic rings. The molecule has 9 heteroatoms. The fourth-order valence-electron chi connectivity index (χ4n) is 5.58. The van der Waals surface area contributed by atoms with Gasteiger partial charge in [0.2, 0.25) is 0 Å². The van der Waals surface area contributed by atoms with Crippen LogP contribution in [0.5, 0.6) is 0 Å². The van der Waals surface area contributed by atoms with Crippen molar-refractivity contribution in [2.45, 2.75) is 70.0 Å². The van der Waals surface area contributed by atoms with Crippen LogP contribution in [0.4, 0.5) is 26.3 Å². The van der Waals surface area contributed by atoms with Crippen LogP contribution in [0, 0.1) is 6.92 Å². The molecule has 0 amide bonds. The third-order valence-electron chi connectivity index (χ3n) is 7.66. The quantitative estimate of drug-likeness (QED) is 0.399. The molecule has 2 aromatic rings. The Morgan fingerprint density at radius 2 is 1.38 bits per heavy atom. The minimum Gasteiger partial charge on any atom is -0.311 e. The van der Waals surface area contributed by atoms with Gasteiger partial charge in [-0.15, -0.1) is 0 Å². The van der Waals surface area contributed by atoms with Crippen LogP contribution in [0.2, 0.25) is 0 Å². The first-order chi connectivity index (χ1) is 17.5. The van der Waals surface area contributed by atoms with Gasteiger partial charge in [-0.2, -0.15) is 26.3 Å². The average molecular weight is 528 g/mol. The lowest BCUT2D eigenvalue weighted by Crippen LogP contribution is -2.52. The summed E-state index contributed by atoms with van der Waals surface area (Å²) >= 11 is 0. The fourth-order valence-corrected chi connectivity index (χ4v) is 5.58. The van der Waals surface area contributed by atoms with E-state index in [-0.39, 0.29) is 24.2 Å². The van der Waals surface area contributed by atoms with Crippen molar-refractivity contribution in [3.8, 4) is 0 Å². The highest BCUT2D eigenvalue weighted by Gasteiger charge is 2.37. The SMILES string of the molecule is Cc1ccc(C(CNCc2cc(C(F)(F)F)cc(C(F)(F)F)c2)N2CCN(C3CCCCC3)CC2)cc1. The second-order valence-electron chi connectivity index (χ2n) is 10.3. The van der Waals surface area contributed by atoms with E-state index in [0.29, 0.717) is 12.6 Å². The molecule has 2 aromatic carbocycles. The predicted octanol–water partition coefficient (Wildman–Crippen LogP) is 6.81. The molecule has 0 radical (unpaired) electrons. The van der Waals surface area contributed by atoms with Crippen LogP contribution in [-0.4, -0.2) is 48.6 Å². The molecule has 204 valence electrons. The summed E-state index contributed by atoms with van der Waals surface area (Å²) in [6.45, 7) is 6.02. The molecule has 0 bridgehead atoms. The van der Waals surface area contributed by atoms with Crippen LogP contribution in [0.25, 0.3) is 0 Å². The van der Waals surface area contributed by atoms with Gasteiger partial charge in [0.15, 0.2) is 0 Å². The normalized spacial score (nSPS) is 19.8. The van der Waals surface area contributed by atoms with Crippen molar-refractivity contribution in [1.29, 1.82) is 0 Å². The summed E-state index contributed by atoms with van der Waals surface area (Å²) in [4.78, 5) is 4.96. The minimum atomic E-state index is -4.85. The van der Waals surface area contributed by atoms with Crippen molar-refractivity contribution in [3.63, 3.8) is 0 Å². The number of hydrogen-bond donors (Lipinski definition) is 1. The summed E-state index contributed by atoms with van der Waals surface area (Å²) in [6.07, 6.45) is -3.32. The number of halogens is 6. The molecular weight excluding hydrogens is 492 g/mol. The molecule has 2 fully saturated rings. The van der Waals surface area contributed by atoms with Crippen molar-refractivity contribution < 1.29 is 26.3 Å². The lowest BCUT2D eigenvalue weighted by atomic mass is 9.93. The van der Waals surface area contributed by atoms with E-state index in [9.17, 15) is 26.3 Å². The van der Waals surface area contributed by atoms with Crippen LogP contribution in [0.3, 0.4) is 0 Å². The smallest absolute Gasteiger partial charge is 0.311 e. The number of aryl methyl sites for hydroxylation is 1. The molecule has 1 aliphatic carbocycles. The van der Waals surface area contributed by atoms with Gasteiger partial charge in [0.1, 0.15) is 0 Å². The second kappa shape index (κ2) is 11.7. The number of piperazine rings is 1. The highest BCUT2D eigenvalue weighted by Crippen LogP contribution is 2.36. The number of rotatable bonds is 7. The van der Waals surface area contributed by atoms with E-state index in [0.717, 1.165) is 49.4 Å². The topological polar surface area (TPSA) is 18.5 Å². The lowest BCUT2D eigenvalue weighted by molar-refractivity contribution is -0.143. The molecule has 1 saturated heterocycles. The van der Waals surface area contributed by atoms with Gasteiger partial charge in [0.05, 0.1) is 11.1 Å². The first-order valence-electron chi connectivity index (χ1n) is 13.0. The van der Waals surface area contributed by atoms with Gasteiger partial charge < -0.3 is 5.32 Å². The Morgan fingerprint density at radius 3 is 1.92 bits per heavy atom. The predicted molar refractivity (Wildman–Crippen MR) is 132 cm³/mol. The number of benzene rings is 2. The molecule has 1 heterocycles. The van der Waals surface area contributed by atoms with E-state index in [2.05, 4.69) is 27.2 Å². The molecule has 1 aliphatic heterocycles. The molecule has 1 unspecified atom stereocenters. The summed E-state index contributed by atoms with van der Waals surface area (Å²) in [7, 11) is 0. The Hall–Kier alpha value is -2.10. The van der Waals surface area contributed by atoms with Crippen molar-refractivity contribution in [2.24, 2.45) is 0 Å². The van der Waals surface area contributed by atoms with Gasteiger partial charge in [-0.3, -0.25) is 9.80 Å². The summed E-state index contributed by atoms with van der Waals surface area (Å²) < 4.78 is 79.5. The second-order valence-corrected chi connectivity index (χ2v) is 10.3. The largest absolute Gasteiger partial charge is 0.416 e. The molecule has 1 atom stereocenters. The number of alkyl halides is 6. The zero-order chi connectivity index (χ0) is 26.6. The molecule has 37 heavy (non-hydrogen) atoms. The first kappa shape index (κ1) is 27.9. The van der Waals surface area contributed by atoms with Gasteiger partial charge in [-0.25, -0.2) is 0 Å². The number of hydrogen-bond acceptors (Lipinski definition) is 3. The van der Waals surface area contributed by atoms with E-state index >= 15 is 0 Å². The summed E-state index contributed by atoms with van der Waals surface area (Å²) in [5.74, 6) is 0. The van der Waals surface area contributed by atoms with Crippen molar-refractivity contribution >= 4 is 0 Å². The van der Waals surface area contributed by atoms with Crippen molar-refractivity contribution in [3.05, 3.63) is 70.3 Å². The van der Waals surface area contributed by atoms with Gasteiger partial charge in [-0.05, 0) is 49.1 Å². The van der Waals surface area contributed by atoms with Crippen molar-refractivity contribution in [2.75, 3.05) is 32.7 Å². The van der Waals surface area contributed by atoms with E-state index in [1.807, 2.05) is 19.1 Å². The standard InChI is InChI=1S/C28H35F6N3/c1-20-7-9-22(10-8-20)26(37-13-11-36(12-14-37)25-5-3-2-4-6-25)19-35-18-21-15-23(27(29,30)31)17-24(16-21)28(32,33)34/h7-10,15-17,25-26,35H,2-6,11-14,18-19H2,1H3. The van der Waals surface area contributed by atoms with E-state index in [1.54, 1.807) is 0 Å². The molecule has 1 N–H and O–H groups in total. The Bertz CT molecular complexity index is 972. The zero-order valence-electron chi connectivity index (χ0n) is 21.1. The lowest BCUT2D eigenvalue weighted by Gasteiger charge is -2.43. The fraction of sp³-hybridized carbons (Fsp3) is 0.571. The molecule has 4 rings (SSSR count). The van der Waals surface area contributed by atoms with Gasteiger partial charge >= 0.3 is 12.4 Å². The summed E-state index contributed by atoms with van der Waals surface area (Å²) in [6, 6.07) is 10.6. The third-order valence-corrected chi connectivity index (χ3v) is 7.66. The van der Waals surface area contributed by atoms with Crippen molar-refractivity contribution in [1.82, 2.24) is 15.1 Å². The highest BCUT2D eigenvalue weighted by molar-refractivity contribution is 5.33. The summed E-state index contributed by atoms with van der Waals surface area (Å²) in [5.41, 5.74) is -0.390. The Morgan fingerprint density at radius 1 is 0.811 bits per heavy atom. The molecular formula is C28H35F6N3. The molecule has 0 spiro atoms. The monoisotopic (exact) mass is 527 g/mol. The maximum Gasteiger partial charge on any atom is 0.416 e. The van der Waals surface area contributed by atoms with E-state index in [4.69, 9.17) is 0 Å². The highest BCUT2D eigenvalue weighted by atomic mass is 19.4. The average Bonchev–Trinajstić information content (AvgIpc) is 2.87. The van der Waals surface area contributed by atoms with E-state index < -0.39 is 23.5 Å². The maximum absolute atomic E-state index is 13.3. The number of nitrogens with one attached hydrogen (secondary N) is 1. The molecule has 1 saturated carbocycles. The third kappa shape index (κ3) is 7.48. The van der Waals surface area contributed by atoms with Crippen LogP contribution >= 0.6 is 0 Å². The van der Waals surface area contributed by atoms with E-state index in [1.165, 1.54) is 32.1 Å². The summed E-state index contributed by atoms with van der Waals surface area (Å²) in [5, 5.41) is 3.15. The Kier molecular flexibility index (Phi) is 8.86. The van der Waals surface area contributed by atoms with Crippen LogP contribution < -0.4 is 5.32 Å². The Balaban J connectivity index is 1.45. The van der Waals surface area contributed by atoms with Crippen LogP contribution in [0.15, 0.2) is 42.5 Å². The van der Waals surface area contributed by atoms with Gasteiger partial charge in [0.25, 0.3) is 0 Å². The molecule has 3 nitrogen and oxygen atoms in total. The molecule has 0 aromatic heterocycles. The van der Waals surface area contributed by atoms with Crippen LogP contribution in [-0.2, 0) is 18.9 Å². The van der Waals surface area contributed by atoms with Gasteiger partial charge in [0, 0.05) is 51.4 Å². The minimum absolute atomic E-state index is 0.0259. The Labute approximate surface area is 214 Å². The maximum atomic E-state index is 13.3. The van der Waals surface area contributed by atoms with Crippen LogP contribution in [0.1, 0.15) is 66.0 Å². The van der Waals surface area contributed by atoms with Gasteiger partial charge in [-0.1, -0.05) is 49.1 Å². The first-order valence-corrected chi connectivity index (χ1v) is 13.0. The number of nitrogens with zero attached hydrogens (tertiary/aromatic N) is 2. The zero-order valence-corrected chi connectivity index (χ0v) is 21.1.